The SMILES string of the molecule is CCCCCCCCCCCCCc1cc2ccc(S(=O)(=O)[O-])cc2cc1CCCCCCCCCCCCC.CCCCCCCCCCCCCc1cc2ccc(S(=O)(=O)[O-])cc2cc1CCCCCCCCCCCCC.[Ba+2]. The van der Waals surface area contributed by atoms with Gasteiger partial charge in [0.2, 0.25) is 0 Å². The zero-order valence-electron chi connectivity index (χ0n) is 52.7. The molecule has 9 heteroatoms. The van der Waals surface area contributed by atoms with E-state index in [1.54, 1.807) is 24.3 Å². The van der Waals surface area contributed by atoms with Crippen LogP contribution in [0, 0.1) is 0 Å². The molecule has 4 rings (SSSR count). The topological polar surface area (TPSA) is 114 Å². The fourth-order valence-electron chi connectivity index (χ4n) is 11.9. The second kappa shape index (κ2) is 48.9. The van der Waals surface area contributed by atoms with Gasteiger partial charge in [0.25, 0.3) is 0 Å². The molecule has 0 heterocycles. The van der Waals surface area contributed by atoms with Crippen molar-refractivity contribution in [1.29, 1.82) is 0 Å². The van der Waals surface area contributed by atoms with Crippen molar-refractivity contribution in [3.63, 3.8) is 0 Å². The van der Waals surface area contributed by atoms with E-state index in [9.17, 15) is 25.9 Å². The van der Waals surface area contributed by atoms with Crippen molar-refractivity contribution in [2.24, 2.45) is 0 Å². The summed E-state index contributed by atoms with van der Waals surface area (Å²) in [6, 6.07) is 18.5. The standard InChI is InChI=1S/2C36H60O3S.Ba/c2*1-3-5-7-9-11-13-15-17-19-21-23-25-32-29-34-27-28-36(40(37,38)39)31-35(34)30-33(32)26-24-22-20-18-16-14-12-10-8-6-4-2;/h2*27-31H,3-26H2,1-2H3,(H,37,38,39);/q;;+2/p-2. The van der Waals surface area contributed by atoms with Crippen LogP contribution in [0.15, 0.2) is 70.5 Å². The molecule has 0 bridgehead atoms. The predicted octanol–water partition coefficient (Wildman–Crippen LogP) is 22.5. The van der Waals surface area contributed by atoms with Gasteiger partial charge in [-0.25, -0.2) is 16.8 Å². The molecule has 0 N–H and O–H groups in total. The first-order chi connectivity index (χ1) is 38.9. The molecule has 0 fully saturated rings. The van der Waals surface area contributed by atoms with E-state index in [0.29, 0.717) is 0 Å². The molecule has 4 aromatic rings. The number of benzene rings is 4. The summed E-state index contributed by atoms with van der Waals surface area (Å²) in [4.78, 5) is -0.252. The van der Waals surface area contributed by atoms with Crippen LogP contribution in [0.2, 0.25) is 0 Å². The molecule has 0 aliphatic carbocycles. The molecule has 0 aliphatic heterocycles. The summed E-state index contributed by atoms with van der Waals surface area (Å²) in [6.07, 6.45) is 63.2. The van der Waals surface area contributed by atoms with Crippen LogP contribution in [0.5, 0.6) is 0 Å². The molecule has 0 radical (unpaired) electrons. The van der Waals surface area contributed by atoms with Crippen molar-refractivity contribution < 1.29 is 25.9 Å². The van der Waals surface area contributed by atoms with Crippen molar-refractivity contribution in [3.8, 4) is 0 Å². The smallest absolute Gasteiger partial charge is 0.744 e. The number of unbranched alkanes of at least 4 members (excludes halogenated alkanes) is 40. The van der Waals surface area contributed by atoms with Crippen LogP contribution in [0.1, 0.15) is 332 Å². The minimum Gasteiger partial charge on any atom is -0.744 e. The minimum absolute atomic E-state index is 0. The van der Waals surface area contributed by atoms with Gasteiger partial charge in [-0.3, -0.25) is 0 Å². The zero-order valence-corrected chi connectivity index (χ0v) is 58.8. The van der Waals surface area contributed by atoms with Gasteiger partial charge >= 0.3 is 48.9 Å². The Morgan fingerprint density at radius 3 is 0.605 bits per heavy atom. The van der Waals surface area contributed by atoms with Crippen molar-refractivity contribution in [2.45, 2.75) is 346 Å². The van der Waals surface area contributed by atoms with E-state index in [2.05, 4.69) is 52.0 Å². The molecule has 0 unspecified atom stereocenters. The molecule has 0 amide bonds. The maximum absolute atomic E-state index is 11.6. The van der Waals surface area contributed by atoms with Crippen molar-refractivity contribution >= 4 is 90.7 Å². The monoisotopic (exact) mass is 1280 g/mol. The third kappa shape index (κ3) is 36.5. The molecule has 0 saturated heterocycles. The quantitative estimate of drug-likeness (QED) is 0.0247. The molecular formula is C72H118BaO6S2. The second-order valence-corrected chi connectivity index (χ2v) is 27.1. The third-order valence-corrected chi connectivity index (χ3v) is 18.7. The van der Waals surface area contributed by atoms with Crippen molar-refractivity contribution in [2.75, 3.05) is 0 Å². The fourth-order valence-corrected chi connectivity index (χ4v) is 12.9. The summed E-state index contributed by atoms with van der Waals surface area (Å²) in [5.74, 6) is 0. The number of aryl methyl sites for hydroxylation is 4. The normalized spacial score (nSPS) is 11.8. The number of hydrogen-bond donors (Lipinski definition) is 0. The Morgan fingerprint density at radius 2 is 0.420 bits per heavy atom. The molecule has 81 heavy (non-hydrogen) atoms. The Balaban J connectivity index is 0.000000547. The Hall–Kier alpha value is -1.21. The summed E-state index contributed by atoms with van der Waals surface area (Å²) < 4.78 is 69.5. The van der Waals surface area contributed by atoms with E-state index in [1.165, 1.54) is 317 Å². The average molecular weight is 1280 g/mol. The van der Waals surface area contributed by atoms with Gasteiger partial charge in [0.15, 0.2) is 0 Å². The van der Waals surface area contributed by atoms with Gasteiger partial charge in [0, 0.05) is 0 Å². The predicted molar refractivity (Wildman–Crippen MR) is 350 cm³/mol. The van der Waals surface area contributed by atoms with Crippen LogP contribution in [0.25, 0.3) is 21.5 Å². The van der Waals surface area contributed by atoms with E-state index >= 15 is 0 Å². The van der Waals surface area contributed by atoms with Crippen LogP contribution in [0.4, 0.5) is 0 Å². The Labute approximate surface area is 540 Å². The van der Waals surface area contributed by atoms with Gasteiger partial charge in [0.1, 0.15) is 20.2 Å². The molecule has 0 saturated carbocycles. The number of fused-ring (bicyclic) bond motifs is 2. The van der Waals surface area contributed by atoms with Crippen LogP contribution < -0.4 is 0 Å². The maximum atomic E-state index is 11.6. The summed E-state index contributed by atoms with van der Waals surface area (Å²) in [7, 11) is -8.88. The third-order valence-electron chi connectivity index (χ3n) is 17.0. The summed E-state index contributed by atoms with van der Waals surface area (Å²) in [6.45, 7) is 9.09. The van der Waals surface area contributed by atoms with E-state index in [4.69, 9.17) is 0 Å². The first-order valence-corrected chi connectivity index (χ1v) is 36.8. The molecule has 456 valence electrons. The molecule has 0 spiro atoms. The Kier molecular flexibility index (Phi) is 45.8. The molecule has 4 aromatic carbocycles. The largest absolute Gasteiger partial charge is 2.00 e. The summed E-state index contributed by atoms with van der Waals surface area (Å²) in [5.41, 5.74) is 5.51. The minimum atomic E-state index is -4.44. The van der Waals surface area contributed by atoms with Gasteiger partial charge < -0.3 is 9.11 Å². The number of hydrogen-bond acceptors (Lipinski definition) is 6. The summed E-state index contributed by atoms with van der Waals surface area (Å²) >= 11 is 0. The van der Waals surface area contributed by atoms with E-state index in [0.717, 1.165) is 47.2 Å². The van der Waals surface area contributed by atoms with Crippen molar-refractivity contribution in [1.82, 2.24) is 0 Å². The molecule has 0 aromatic heterocycles. The first kappa shape index (κ1) is 75.9. The van der Waals surface area contributed by atoms with Gasteiger partial charge in [-0.2, -0.15) is 0 Å². The van der Waals surface area contributed by atoms with E-state index in [1.807, 2.05) is 0 Å². The van der Waals surface area contributed by atoms with Crippen LogP contribution in [-0.4, -0.2) is 74.8 Å². The van der Waals surface area contributed by atoms with Gasteiger partial charge in [-0.15, -0.1) is 0 Å². The van der Waals surface area contributed by atoms with Gasteiger partial charge in [-0.1, -0.05) is 321 Å². The van der Waals surface area contributed by atoms with Gasteiger partial charge in [0.05, 0.1) is 9.79 Å². The van der Waals surface area contributed by atoms with Crippen LogP contribution in [-0.2, 0) is 45.9 Å². The summed E-state index contributed by atoms with van der Waals surface area (Å²) in [5, 5.41) is 3.82. The van der Waals surface area contributed by atoms with Gasteiger partial charge in [-0.05, 0) is 119 Å². The van der Waals surface area contributed by atoms with Crippen LogP contribution >= 0.6 is 0 Å². The second-order valence-electron chi connectivity index (χ2n) is 24.3. The first-order valence-electron chi connectivity index (χ1n) is 33.9. The van der Waals surface area contributed by atoms with Crippen LogP contribution in [0.3, 0.4) is 0 Å². The van der Waals surface area contributed by atoms with Crippen molar-refractivity contribution in [3.05, 3.63) is 82.9 Å². The molecule has 0 aliphatic rings. The Bertz CT molecular complexity index is 2230. The molecular weight excluding hydrogens is 1160 g/mol. The average Bonchev–Trinajstić information content (AvgIpc) is 3.44. The van der Waals surface area contributed by atoms with E-state index in [-0.39, 0.29) is 58.7 Å². The molecule has 0 atom stereocenters. The molecule has 6 nitrogen and oxygen atoms in total. The number of rotatable bonds is 50. The zero-order chi connectivity index (χ0) is 57.8. The van der Waals surface area contributed by atoms with E-state index < -0.39 is 20.2 Å². The Morgan fingerprint density at radius 1 is 0.247 bits per heavy atom. The maximum Gasteiger partial charge on any atom is 2.00 e. The fraction of sp³-hybridized carbons (Fsp3) is 0.722.